The fourth-order valence-corrected chi connectivity index (χ4v) is 3.59. The fourth-order valence-electron chi connectivity index (χ4n) is 3.59. The predicted molar refractivity (Wildman–Crippen MR) is 99.8 cm³/mol. The lowest BCUT2D eigenvalue weighted by atomic mass is 9.87. The Hall–Kier alpha value is -2.34. The van der Waals surface area contributed by atoms with Crippen LogP contribution < -0.4 is 4.74 Å². The number of benzene rings is 2. The summed E-state index contributed by atoms with van der Waals surface area (Å²) in [6.45, 7) is 6.00. The molecule has 1 aliphatic heterocycles. The normalized spacial score (nSPS) is 20.0. The Labute approximate surface area is 161 Å². The van der Waals surface area contributed by atoms with E-state index in [1.165, 1.54) is 12.1 Å². The lowest BCUT2D eigenvalue weighted by Crippen LogP contribution is -2.22. The highest BCUT2D eigenvalue weighted by Crippen LogP contribution is 2.41. The average Bonchev–Trinajstić information content (AvgIpc) is 2.68. The first-order valence-electron chi connectivity index (χ1n) is 9.21. The van der Waals surface area contributed by atoms with Gasteiger partial charge in [-0.15, -0.1) is 0 Å². The van der Waals surface area contributed by atoms with Crippen LogP contribution in [0.1, 0.15) is 54.0 Å². The maximum absolute atomic E-state index is 14.7. The molecule has 1 saturated heterocycles. The van der Waals surface area contributed by atoms with E-state index in [2.05, 4.69) is 6.58 Å². The molecule has 2 atom stereocenters. The molecule has 28 heavy (non-hydrogen) atoms. The van der Waals surface area contributed by atoms with Crippen LogP contribution in [0.2, 0.25) is 0 Å². The van der Waals surface area contributed by atoms with Gasteiger partial charge in [-0.3, -0.25) is 0 Å². The molecule has 0 N–H and O–H groups in total. The lowest BCUT2D eigenvalue weighted by Gasteiger charge is -2.30. The van der Waals surface area contributed by atoms with Crippen molar-refractivity contribution in [2.75, 3.05) is 13.2 Å². The van der Waals surface area contributed by atoms with Crippen molar-refractivity contribution in [1.29, 1.82) is 0 Å². The van der Waals surface area contributed by atoms with Crippen LogP contribution in [0, 0.1) is 5.82 Å². The highest BCUT2D eigenvalue weighted by atomic mass is 19.4. The molecular formula is C22H22F4O2. The monoisotopic (exact) mass is 394 g/mol. The molecule has 0 bridgehead atoms. The van der Waals surface area contributed by atoms with Gasteiger partial charge in [0.2, 0.25) is 0 Å². The maximum atomic E-state index is 14.7. The van der Waals surface area contributed by atoms with E-state index in [-0.39, 0.29) is 23.8 Å². The van der Waals surface area contributed by atoms with Gasteiger partial charge in [-0.25, -0.2) is 4.39 Å². The highest BCUT2D eigenvalue weighted by Gasteiger charge is 2.38. The minimum absolute atomic E-state index is 0.0445. The largest absolute Gasteiger partial charge is 0.494 e. The molecule has 2 aromatic carbocycles. The van der Waals surface area contributed by atoms with E-state index < -0.39 is 23.5 Å². The van der Waals surface area contributed by atoms with Crippen molar-refractivity contribution in [3.63, 3.8) is 0 Å². The van der Waals surface area contributed by atoms with Crippen molar-refractivity contribution in [2.24, 2.45) is 0 Å². The van der Waals surface area contributed by atoms with Crippen molar-refractivity contribution >= 4 is 6.08 Å². The number of halogens is 4. The molecule has 1 aliphatic rings. The third-order valence-corrected chi connectivity index (χ3v) is 4.99. The molecule has 0 saturated carbocycles. The minimum atomic E-state index is -4.77. The molecule has 0 aliphatic carbocycles. The van der Waals surface area contributed by atoms with E-state index in [9.17, 15) is 17.6 Å². The van der Waals surface area contributed by atoms with Gasteiger partial charge in [0.1, 0.15) is 11.6 Å². The van der Waals surface area contributed by atoms with E-state index in [1.807, 2.05) is 31.2 Å². The van der Waals surface area contributed by atoms with Gasteiger partial charge in [-0.2, -0.15) is 13.2 Å². The second kappa shape index (κ2) is 8.35. The molecule has 0 radical (unpaired) electrons. The Kier molecular flexibility index (Phi) is 6.08. The van der Waals surface area contributed by atoms with E-state index in [0.29, 0.717) is 19.4 Å². The van der Waals surface area contributed by atoms with Crippen LogP contribution in [0.15, 0.2) is 43.0 Å². The van der Waals surface area contributed by atoms with Crippen LogP contribution >= 0.6 is 0 Å². The molecule has 6 heteroatoms. The number of hydrogen-bond donors (Lipinski definition) is 0. The predicted octanol–water partition coefficient (Wildman–Crippen LogP) is 6.52. The average molecular weight is 394 g/mol. The van der Waals surface area contributed by atoms with Crippen molar-refractivity contribution < 1.29 is 27.0 Å². The standard InChI is InChI=1S/C22H22F4O2/c1-3-14-7-11-18(21(23)20(14)22(24,25)26)16-8-12-19(28-13-16)15-5-9-17(10-6-15)27-4-2/h3,5-7,9-11,16,19H,1,4,8,12-13H2,2H3. The van der Waals surface area contributed by atoms with Gasteiger partial charge < -0.3 is 9.47 Å². The summed E-state index contributed by atoms with van der Waals surface area (Å²) >= 11 is 0. The van der Waals surface area contributed by atoms with Crippen LogP contribution in [0.4, 0.5) is 17.6 Å². The third-order valence-electron chi connectivity index (χ3n) is 4.99. The molecular weight excluding hydrogens is 372 g/mol. The second-order valence-corrected chi connectivity index (χ2v) is 6.73. The van der Waals surface area contributed by atoms with Gasteiger partial charge in [0.25, 0.3) is 0 Å². The molecule has 1 heterocycles. The van der Waals surface area contributed by atoms with Gasteiger partial charge in [0, 0.05) is 5.92 Å². The van der Waals surface area contributed by atoms with Crippen LogP contribution in [-0.2, 0) is 10.9 Å². The fraction of sp³-hybridized carbons (Fsp3) is 0.364. The van der Waals surface area contributed by atoms with E-state index in [0.717, 1.165) is 17.4 Å². The zero-order valence-electron chi connectivity index (χ0n) is 15.6. The van der Waals surface area contributed by atoms with Crippen molar-refractivity contribution in [2.45, 2.75) is 38.0 Å². The Morgan fingerprint density at radius 3 is 2.39 bits per heavy atom. The zero-order valence-corrected chi connectivity index (χ0v) is 15.6. The lowest BCUT2D eigenvalue weighted by molar-refractivity contribution is -0.140. The first-order valence-corrected chi connectivity index (χ1v) is 9.21. The maximum Gasteiger partial charge on any atom is 0.419 e. The molecule has 2 nitrogen and oxygen atoms in total. The smallest absolute Gasteiger partial charge is 0.419 e. The van der Waals surface area contributed by atoms with Crippen LogP contribution in [0.3, 0.4) is 0 Å². The molecule has 0 spiro atoms. The van der Waals surface area contributed by atoms with Crippen LogP contribution in [0.5, 0.6) is 5.75 Å². The number of alkyl halides is 3. The summed E-state index contributed by atoms with van der Waals surface area (Å²) in [4.78, 5) is 0. The zero-order chi connectivity index (χ0) is 20.3. The van der Waals surface area contributed by atoms with Gasteiger partial charge >= 0.3 is 6.18 Å². The second-order valence-electron chi connectivity index (χ2n) is 6.73. The van der Waals surface area contributed by atoms with Gasteiger partial charge in [-0.05, 0) is 48.6 Å². The molecule has 2 unspecified atom stereocenters. The number of rotatable bonds is 5. The molecule has 2 aromatic rings. The molecule has 3 rings (SSSR count). The molecule has 0 aromatic heterocycles. The first-order chi connectivity index (χ1) is 13.3. The number of hydrogen-bond acceptors (Lipinski definition) is 2. The Morgan fingerprint density at radius 1 is 1.14 bits per heavy atom. The summed E-state index contributed by atoms with van der Waals surface area (Å²) in [5.74, 6) is -0.874. The van der Waals surface area contributed by atoms with Crippen LogP contribution in [-0.4, -0.2) is 13.2 Å². The Balaban J connectivity index is 1.75. The van der Waals surface area contributed by atoms with Crippen molar-refractivity contribution in [1.82, 2.24) is 0 Å². The molecule has 150 valence electrons. The SMILES string of the molecule is C=Cc1ccc(C2CCC(c3ccc(OCC)cc3)OC2)c(F)c1C(F)(F)F. The summed E-state index contributed by atoms with van der Waals surface area (Å²) in [5, 5.41) is 0. The van der Waals surface area contributed by atoms with Gasteiger partial charge in [0.05, 0.1) is 24.9 Å². The van der Waals surface area contributed by atoms with Crippen molar-refractivity contribution in [3.05, 3.63) is 71.0 Å². The third kappa shape index (κ3) is 4.22. The van der Waals surface area contributed by atoms with Crippen LogP contribution in [0.25, 0.3) is 6.08 Å². The minimum Gasteiger partial charge on any atom is -0.494 e. The van der Waals surface area contributed by atoms with E-state index >= 15 is 0 Å². The summed E-state index contributed by atoms with van der Waals surface area (Å²) in [7, 11) is 0. The Morgan fingerprint density at radius 2 is 1.86 bits per heavy atom. The Bertz CT molecular complexity index is 820. The van der Waals surface area contributed by atoms with Crippen molar-refractivity contribution in [3.8, 4) is 5.75 Å². The summed E-state index contributed by atoms with van der Waals surface area (Å²) in [6, 6.07) is 10.2. The summed E-state index contributed by atoms with van der Waals surface area (Å²) < 4.78 is 65.8. The topological polar surface area (TPSA) is 18.5 Å². The van der Waals surface area contributed by atoms with Gasteiger partial charge in [-0.1, -0.05) is 36.9 Å². The summed E-state index contributed by atoms with van der Waals surface area (Å²) in [5.41, 5.74) is -0.491. The van der Waals surface area contributed by atoms with Gasteiger partial charge in [0.15, 0.2) is 0 Å². The summed E-state index contributed by atoms with van der Waals surface area (Å²) in [6.07, 6.45) is -2.77. The first kappa shape index (κ1) is 20.4. The highest BCUT2D eigenvalue weighted by molar-refractivity contribution is 5.55. The molecule has 0 amide bonds. The molecule has 1 fully saturated rings. The number of ether oxygens (including phenoxy) is 2. The quantitative estimate of drug-likeness (QED) is 0.538. The van der Waals surface area contributed by atoms with E-state index in [4.69, 9.17) is 9.47 Å². The van der Waals surface area contributed by atoms with E-state index in [1.54, 1.807) is 0 Å².